The Morgan fingerprint density at radius 1 is 1.27 bits per heavy atom. The first kappa shape index (κ1) is 17.6. The molecular formula is C18H14ClN3O4. The van der Waals surface area contributed by atoms with Crippen LogP contribution in [0.2, 0.25) is 5.15 Å². The van der Waals surface area contributed by atoms with Gasteiger partial charge in [0.15, 0.2) is 16.8 Å². The first-order valence-electron chi connectivity index (χ1n) is 7.68. The van der Waals surface area contributed by atoms with Gasteiger partial charge in [-0.05, 0) is 31.2 Å². The van der Waals surface area contributed by atoms with Crippen LogP contribution in [-0.4, -0.2) is 27.9 Å². The van der Waals surface area contributed by atoms with Gasteiger partial charge in [-0.15, -0.1) is 0 Å². The van der Waals surface area contributed by atoms with Crippen LogP contribution in [0, 0.1) is 0 Å². The predicted octanol–water partition coefficient (Wildman–Crippen LogP) is 3.46. The summed E-state index contributed by atoms with van der Waals surface area (Å²) in [5, 5.41) is 2.69. The van der Waals surface area contributed by atoms with Crippen molar-refractivity contribution in [1.29, 1.82) is 0 Å². The molecule has 8 heteroatoms. The number of nitrogens with zero attached hydrogens (tertiary/aromatic N) is 2. The minimum atomic E-state index is -1.02. The quantitative estimate of drug-likeness (QED) is 0.419. The smallest absolute Gasteiger partial charge is 0.331 e. The van der Waals surface area contributed by atoms with Crippen LogP contribution in [0.15, 0.2) is 53.1 Å². The molecule has 3 rings (SSSR count). The maximum Gasteiger partial charge on any atom is 0.331 e. The highest BCUT2D eigenvalue weighted by Gasteiger charge is 2.18. The van der Waals surface area contributed by atoms with E-state index in [1.54, 1.807) is 24.3 Å². The minimum absolute atomic E-state index is 0.148. The third kappa shape index (κ3) is 4.25. The number of ether oxygens (including phenoxy) is 1. The molecule has 7 nitrogen and oxygen atoms in total. The monoisotopic (exact) mass is 371 g/mol. The Kier molecular flexibility index (Phi) is 5.28. The third-order valence-electron chi connectivity index (χ3n) is 3.35. The molecule has 1 atom stereocenters. The highest BCUT2D eigenvalue weighted by molar-refractivity contribution is 6.32. The van der Waals surface area contributed by atoms with Gasteiger partial charge in [0, 0.05) is 18.3 Å². The van der Waals surface area contributed by atoms with Crippen molar-refractivity contribution < 1.29 is 18.7 Å². The van der Waals surface area contributed by atoms with E-state index in [-0.39, 0.29) is 11.0 Å². The molecule has 0 radical (unpaired) electrons. The van der Waals surface area contributed by atoms with Crippen molar-refractivity contribution in [2.45, 2.75) is 13.0 Å². The lowest BCUT2D eigenvalue weighted by atomic mass is 10.3. The third-order valence-corrected chi connectivity index (χ3v) is 3.65. The molecule has 3 aromatic rings. The number of pyridine rings is 1. The summed E-state index contributed by atoms with van der Waals surface area (Å²) >= 11 is 5.87. The Balaban J connectivity index is 1.58. The molecule has 0 saturated heterocycles. The molecule has 1 N–H and O–H groups in total. The summed E-state index contributed by atoms with van der Waals surface area (Å²) in [5.74, 6) is -0.960. The van der Waals surface area contributed by atoms with Crippen LogP contribution in [-0.2, 0) is 14.3 Å². The summed E-state index contributed by atoms with van der Waals surface area (Å²) in [5.41, 5.74) is 1.63. The summed E-state index contributed by atoms with van der Waals surface area (Å²) in [6.07, 6.45) is 3.00. The first-order chi connectivity index (χ1) is 12.5. The predicted molar refractivity (Wildman–Crippen MR) is 96.5 cm³/mol. The fourth-order valence-corrected chi connectivity index (χ4v) is 2.25. The van der Waals surface area contributed by atoms with E-state index in [0.29, 0.717) is 16.8 Å². The number of nitrogens with one attached hydrogen (secondary N) is 1. The van der Waals surface area contributed by atoms with Gasteiger partial charge >= 0.3 is 5.97 Å². The number of esters is 1. The normalized spacial score (nSPS) is 12.2. The number of fused-ring (bicyclic) bond motifs is 1. The highest BCUT2D eigenvalue weighted by Crippen LogP contribution is 2.18. The molecule has 132 valence electrons. The van der Waals surface area contributed by atoms with E-state index in [0.717, 1.165) is 6.08 Å². The number of anilines is 1. The molecule has 0 spiro atoms. The van der Waals surface area contributed by atoms with Crippen molar-refractivity contribution in [1.82, 2.24) is 9.97 Å². The van der Waals surface area contributed by atoms with Crippen LogP contribution in [0.5, 0.6) is 0 Å². The van der Waals surface area contributed by atoms with Gasteiger partial charge in [-0.2, -0.15) is 0 Å². The fraction of sp³-hybridized carbons (Fsp3) is 0.111. The number of oxazole rings is 1. The van der Waals surface area contributed by atoms with Crippen LogP contribution in [0.4, 0.5) is 5.69 Å². The number of rotatable bonds is 5. The number of carbonyl (C=O) groups excluding carboxylic acids is 2. The van der Waals surface area contributed by atoms with Crippen LogP contribution in [0.3, 0.4) is 0 Å². The zero-order valence-electron chi connectivity index (χ0n) is 13.7. The van der Waals surface area contributed by atoms with E-state index >= 15 is 0 Å². The molecule has 0 aliphatic rings. The van der Waals surface area contributed by atoms with E-state index in [4.69, 9.17) is 20.8 Å². The van der Waals surface area contributed by atoms with Crippen molar-refractivity contribution in [3.05, 3.63) is 59.7 Å². The van der Waals surface area contributed by atoms with E-state index in [1.807, 2.05) is 12.1 Å². The largest absolute Gasteiger partial charge is 0.449 e. The van der Waals surface area contributed by atoms with Gasteiger partial charge in [-0.25, -0.2) is 14.8 Å². The molecule has 0 saturated carbocycles. The Morgan fingerprint density at radius 3 is 2.85 bits per heavy atom. The average molecular weight is 372 g/mol. The molecule has 2 heterocycles. The van der Waals surface area contributed by atoms with Gasteiger partial charge in [0.2, 0.25) is 5.89 Å². The molecule has 26 heavy (non-hydrogen) atoms. The van der Waals surface area contributed by atoms with E-state index in [2.05, 4.69) is 15.3 Å². The number of amides is 1. The topological polar surface area (TPSA) is 94.3 Å². The number of aromatic nitrogens is 2. The average Bonchev–Trinajstić information content (AvgIpc) is 3.05. The van der Waals surface area contributed by atoms with Gasteiger partial charge in [-0.1, -0.05) is 23.7 Å². The minimum Gasteiger partial charge on any atom is -0.449 e. The number of benzene rings is 1. The highest BCUT2D eigenvalue weighted by atomic mass is 35.5. The van der Waals surface area contributed by atoms with Crippen molar-refractivity contribution >= 4 is 46.3 Å². The first-order valence-corrected chi connectivity index (χ1v) is 8.06. The molecule has 0 fully saturated rings. The van der Waals surface area contributed by atoms with Crippen LogP contribution in [0.25, 0.3) is 17.2 Å². The van der Waals surface area contributed by atoms with Gasteiger partial charge in [0.25, 0.3) is 5.91 Å². The zero-order chi connectivity index (χ0) is 18.5. The van der Waals surface area contributed by atoms with Gasteiger partial charge in [-0.3, -0.25) is 4.79 Å². The summed E-state index contributed by atoms with van der Waals surface area (Å²) < 4.78 is 10.5. The maximum absolute atomic E-state index is 12.1. The second kappa shape index (κ2) is 7.79. The van der Waals surface area contributed by atoms with Crippen LogP contribution in [0.1, 0.15) is 12.8 Å². The number of para-hydroxylation sites is 2. The molecule has 0 bridgehead atoms. The van der Waals surface area contributed by atoms with Gasteiger partial charge < -0.3 is 14.5 Å². The Labute approximate surface area is 153 Å². The molecule has 0 aliphatic carbocycles. The van der Waals surface area contributed by atoms with Crippen molar-refractivity contribution in [3.8, 4) is 0 Å². The van der Waals surface area contributed by atoms with Crippen LogP contribution >= 0.6 is 11.6 Å². The number of halogens is 1. The molecule has 1 amide bonds. The van der Waals surface area contributed by atoms with Crippen LogP contribution < -0.4 is 5.32 Å². The Bertz CT molecular complexity index is 950. The number of hydrogen-bond acceptors (Lipinski definition) is 6. The van der Waals surface area contributed by atoms with E-state index in [1.165, 1.54) is 19.2 Å². The fourth-order valence-electron chi connectivity index (χ4n) is 2.08. The lowest BCUT2D eigenvalue weighted by molar-refractivity contribution is -0.148. The summed E-state index contributed by atoms with van der Waals surface area (Å²) in [6, 6.07) is 10.4. The lowest BCUT2D eigenvalue weighted by Crippen LogP contribution is -2.29. The Morgan fingerprint density at radius 2 is 2.08 bits per heavy atom. The standard InChI is InChI=1S/C18H14ClN3O4/c1-11(18(24)22-13-6-4-10-20-17(13)19)25-16(23)9-8-15-21-12-5-2-3-7-14(12)26-15/h2-11H,1H3,(H,22,24)/b9-8+/t11-/m1/s1. The summed E-state index contributed by atoms with van der Waals surface area (Å²) in [7, 11) is 0. The molecular weight excluding hydrogens is 358 g/mol. The molecule has 2 aromatic heterocycles. The summed E-state index contributed by atoms with van der Waals surface area (Å²) in [6.45, 7) is 1.45. The zero-order valence-corrected chi connectivity index (χ0v) is 14.4. The second-order valence-corrected chi connectivity index (χ2v) is 5.62. The van der Waals surface area contributed by atoms with Gasteiger partial charge in [0.05, 0.1) is 5.69 Å². The molecule has 0 aliphatic heterocycles. The molecule has 0 unspecified atom stereocenters. The Hall–Kier alpha value is -3.19. The second-order valence-electron chi connectivity index (χ2n) is 5.26. The van der Waals surface area contributed by atoms with E-state index < -0.39 is 18.0 Å². The summed E-state index contributed by atoms with van der Waals surface area (Å²) in [4.78, 5) is 32.0. The lowest BCUT2D eigenvalue weighted by Gasteiger charge is -2.12. The van der Waals surface area contributed by atoms with E-state index in [9.17, 15) is 9.59 Å². The number of hydrogen-bond donors (Lipinski definition) is 1. The molecule has 1 aromatic carbocycles. The van der Waals surface area contributed by atoms with Crippen molar-refractivity contribution in [3.63, 3.8) is 0 Å². The maximum atomic E-state index is 12.1. The SMILES string of the molecule is C[C@@H](OC(=O)/C=C/c1nc2ccccc2o1)C(=O)Nc1cccnc1Cl. The van der Waals surface area contributed by atoms with Crippen molar-refractivity contribution in [2.75, 3.05) is 5.32 Å². The van der Waals surface area contributed by atoms with Gasteiger partial charge in [0.1, 0.15) is 5.52 Å². The van der Waals surface area contributed by atoms with Crippen molar-refractivity contribution in [2.24, 2.45) is 0 Å². The number of carbonyl (C=O) groups is 2.